The van der Waals surface area contributed by atoms with E-state index in [1.807, 2.05) is 11.3 Å². The Balaban J connectivity index is 1.39. The zero-order valence-electron chi connectivity index (χ0n) is 25.4. The van der Waals surface area contributed by atoms with Gasteiger partial charge in [0.2, 0.25) is 0 Å². The molecule has 1 aliphatic carbocycles. The number of hydrogen-bond acceptors (Lipinski definition) is 1. The van der Waals surface area contributed by atoms with Crippen LogP contribution in [0, 0.1) is 0 Å². The van der Waals surface area contributed by atoms with Gasteiger partial charge in [-0.15, -0.1) is 11.3 Å². The lowest BCUT2D eigenvalue weighted by Crippen LogP contribution is -2.25. The molecule has 8 rings (SSSR count). The summed E-state index contributed by atoms with van der Waals surface area (Å²) in [7, 11) is 0. The summed E-state index contributed by atoms with van der Waals surface area (Å²) >= 11 is 1.89. The van der Waals surface area contributed by atoms with Crippen LogP contribution in [0.5, 0.6) is 0 Å². The second kappa shape index (κ2) is 10.9. The van der Waals surface area contributed by atoms with Gasteiger partial charge in [0, 0.05) is 20.7 Å². The van der Waals surface area contributed by atoms with E-state index >= 15 is 0 Å². The predicted octanol–water partition coefficient (Wildman–Crippen LogP) is 12.9. The third kappa shape index (κ3) is 4.10. The van der Waals surface area contributed by atoms with Crippen molar-refractivity contribution in [1.29, 1.82) is 0 Å². The quantitative estimate of drug-likeness (QED) is 0.163. The minimum Gasteiger partial charge on any atom is -0.135 e. The summed E-state index contributed by atoms with van der Waals surface area (Å²) in [5.74, 6) is 0. The van der Waals surface area contributed by atoms with Crippen molar-refractivity contribution < 1.29 is 0 Å². The minimum atomic E-state index is 0.0712. The fourth-order valence-electron chi connectivity index (χ4n) is 8.06. The molecule has 1 aliphatic rings. The van der Waals surface area contributed by atoms with Gasteiger partial charge in [-0.05, 0) is 91.5 Å². The molecule has 0 saturated heterocycles. The molecule has 0 amide bonds. The molecule has 0 unspecified atom stereocenters. The van der Waals surface area contributed by atoms with Crippen LogP contribution in [0.2, 0.25) is 0 Å². The van der Waals surface area contributed by atoms with Crippen LogP contribution in [0.25, 0.3) is 64.7 Å². The van der Waals surface area contributed by atoms with Crippen LogP contribution < -0.4 is 0 Å². The van der Waals surface area contributed by atoms with Crippen molar-refractivity contribution in [3.05, 3.63) is 145 Å². The van der Waals surface area contributed by atoms with Crippen molar-refractivity contribution in [3.63, 3.8) is 0 Å². The van der Waals surface area contributed by atoms with E-state index in [1.165, 1.54) is 101 Å². The van der Waals surface area contributed by atoms with Gasteiger partial charge in [0.1, 0.15) is 0 Å². The fourth-order valence-corrected chi connectivity index (χ4v) is 9.15. The lowest BCUT2D eigenvalue weighted by molar-refractivity contribution is 0.436. The molecule has 0 nitrogen and oxygen atoms in total. The molecule has 0 aliphatic heterocycles. The van der Waals surface area contributed by atoms with E-state index in [0.717, 1.165) is 0 Å². The highest BCUT2D eigenvalue weighted by Gasteiger charge is 2.41. The van der Waals surface area contributed by atoms with Crippen molar-refractivity contribution >= 4 is 32.9 Å². The lowest BCUT2D eigenvalue weighted by Gasteiger charge is -2.32. The average molecular weight is 585 g/mol. The molecule has 0 saturated carbocycles. The molecule has 1 heterocycles. The topological polar surface area (TPSA) is 0 Å². The van der Waals surface area contributed by atoms with E-state index < -0.39 is 0 Å². The van der Waals surface area contributed by atoms with Crippen molar-refractivity contribution in [2.45, 2.75) is 44.9 Å². The smallest absolute Gasteiger partial charge is 0.0361 e. The Hall–Kier alpha value is -4.46. The Morgan fingerprint density at radius 3 is 1.66 bits per heavy atom. The SMILES string of the molecule is CCCC1(CCC)c2ccccc2-c2ccc(-c3c4ccccc4c(-c4ccc(-c5ccccc5)s4)c4ccccc34)cc21. The Kier molecular flexibility index (Phi) is 6.73. The third-order valence-electron chi connectivity index (χ3n) is 9.75. The van der Waals surface area contributed by atoms with Crippen LogP contribution in [0.4, 0.5) is 0 Å². The highest BCUT2D eigenvalue weighted by Crippen LogP contribution is 2.55. The van der Waals surface area contributed by atoms with Gasteiger partial charge in [-0.25, -0.2) is 0 Å². The molecule has 1 heteroatoms. The second-order valence-electron chi connectivity index (χ2n) is 12.3. The van der Waals surface area contributed by atoms with Crippen LogP contribution in [0.15, 0.2) is 133 Å². The molecule has 1 aromatic heterocycles. The van der Waals surface area contributed by atoms with Crippen molar-refractivity contribution in [3.8, 4) is 43.1 Å². The molecule has 0 radical (unpaired) electrons. The maximum Gasteiger partial charge on any atom is 0.0361 e. The first-order chi connectivity index (χ1) is 21.7. The maximum atomic E-state index is 2.56. The van der Waals surface area contributed by atoms with Gasteiger partial charge in [0.15, 0.2) is 0 Å². The minimum absolute atomic E-state index is 0.0712. The van der Waals surface area contributed by atoms with Crippen LogP contribution in [-0.2, 0) is 5.41 Å². The van der Waals surface area contributed by atoms with Gasteiger partial charge in [0.25, 0.3) is 0 Å². The first-order valence-corrected chi connectivity index (χ1v) is 16.9. The van der Waals surface area contributed by atoms with Crippen LogP contribution >= 0.6 is 11.3 Å². The van der Waals surface area contributed by atoms with Crippen LogP contribution in [0.1, 0.15) is 50.7 Å². The Morgan fingerprint density at radius 1 is 0.455 bits per heavy atom. The van der Waals surface area contributed by atoms with E-state index in [9.17, 15) is 0 Å². The predicted molar refractivity (Wildman–Crippen MR) is 192 cm³/mol. The molecule has 7 aromatic rings. The fraction of sp³-hybridized carbons (Fsp3) is 0.163. The standard InChI is InChI=1S/C43H36S/c1-3-26-43(27-4-2)37-21-13-12-16-31(37)32-23-22-30(28-38(32)43)41-33-17-8-10-19-35(33)42(36-20-11-9-18-34(36)41)40-25-24-39(44-40)29-14-6-5-7-15-29/h5-25,28H,3-4,26-27H2,1-2H3. The molecule has 0 atom stereocenters. The largest absolute Gasteiger partial charge is 0.135 e. The van der Waals surface area contributed by atoms with Gasteiger partial charge in [-0.1, -0.05) is 142 Å². The number of fused-ring (bicyclic) bond motifs is 5. The Labute approximate surface area is 264 Å². The zero-order chi connectivity index (χ0) is 29.7. The number of thiophene rings is 1. The summed E-state index contributed by atoms with van der Waals surface area (Å²) < 4.78 is 0. The number of benzene rings is 6. The summed E-state index contributed by atoms with van der Waals surface area (Å²) in [6.07, 6.45) is 4.70. The summed E-state index contributed by atoms with van der Waals surface area (Å²) in [6, 6.07) is 50.0. The van der Waals surface area contributed by atoms with E-state index in [1.54, 1.807) is 0 Å². The molecule has 0 bridgehead atoms. The van der Waals surface area contributed by atoms with Gasteiger partial charge < -0.3 is 0 Å². The third-order valence-corrected chi connectivity index (χ3v) is 10.9. The zero-order valence-corrected chi connectivity index (χ0v) is 26.3. The Morgan fingerprint density at radius 2 is 1.00 bits per heavy atom. The van der Waals surface area contributed by atoms with Crippen molar-refractivity contribution in [2.24, 2.45) is 0 Å². The van der Waals surface area contributed by atoms with E-state index in [0.29, 0.717) is 0 Å². The van der Waals surface area contributed by atoms with Crippen LogP contribution in [-0.4, -0.2) is 0 Å². The number of rotatable bonds is 7. The first kappa shape index (κ1) is 27.1. The van der Waals surface area contributed by atoms with E-state index in [-0.39, 0.29) is 5.41 Å². The summed E-state index contributed by atoms with van der Waals surface area (Å²) in [5, 5.41) is 5.28. The van der Waals surface area contributed by atoms with Gasteiger partial charge in [-0.2, -0.15) is 0 Å². The summed E-state index contributed by atoms with van der Waals surface area (Å²) in [4.78, 5) is 2.62. The molecule has 214 valence electrons. The maximum absolute atomic E-state index is 2.56. The second-order valence-corrected chi connectivity index (χ2v) is 13.3. The normalized spacial score (nSPS) is 13.3. The molecule has 0 N–H and O–H groups in total. The van der Waals surface area contributed by atoms with E-state index in [2.05, 4.69) is 147 Å². The molecule has 44 heavy (non-hydrogen) atoms. The Bertz CT molecular complexity index is 2080. The highest BCUT2D eigenvalue weighted by atomic mass is 32.1. The molecule has 6 aromatic carbocycles. The van der Waals surface area contributed by atoms with Gasteiger partial charge in [-0.3, -0.25) is 0 Å². The molecule has 0 fully saturated rings. The highest BCUT2D eigenvalue weighted by molar-refractivity contribution is 7.19. The van der Waals surface area contributed by atoms with Crippen molar-refractivity contribution in [2.75, 3.05) is 0 Å². The molecular weight excluding hydrogens is 549 g/mol. The van der Waals surface area contributed by atoms with Gasteiger partial charge in [0.05, 0.1) is 0 Å². The van der Waals surface area contributed by atoms with Crippen LogP contribution in [0.3, 0.4) is 0 Å². The molecule has 0 spiro atoms. The summed E-state index contributed by atoms with van der Waals surface area (Å²) in [6.45, 7) is 4.69. The van der Waals surface area contributed by atoms with Gasteiger partial charge >= 0.3 is 0 Å². The lowest BCUT2D eigenvalue weighted by atomic mass is 9.71. The van der Waals surface area contributed by atoms with Crippen molar-refractivity contribution in [1.82, 2.24) is 0 Å². The number of hydrogen-bond donors (Lipinski definition) is 0. The van der Waals surface area contributed by atoms with E-state index in [4.69, 9.17) is 0 Å². The summed E-state index contributed by atoms with van der Waals surface area (Å²) in [5.41, 5.74) is 11.2. The average Bonchev–Trinajstić information content (AvgIpc) is 3.66. The first-order valence-electron chi connectivity index (χ1n) is 16.1. The molecular formula is C43H36S. The monoisotopic (exact) mass is 584 g/mol.